The summed E-state index contributed by atoms with van der Waals surface area (Å²) in [7, 11) is 0. The van der Waals surface area contributed by atoms with Gasteiger partial charge in [0.2, 0.25) is 0 Å². The topological polar surface area (TPSA) is 105 Å². The molecule has 0 bridgehead atoms. The van der Waals surface area contributed by atoms with Gasteiger partial charge in [-0.1, -0.05) is 12.1 Å². The van der Waals surface area contributed by atoms with E-state index in [2.05, 4.69) is 10.6 Å². The molecule has 3 amide bonds. The van der Waals surface area contributed by atoms with Crippen LogP contribution < -0.4 is 10.6 Å². The molecule has 0 spiro atoms. The highest BCUT2D eigenvalue weighted by Gasteiger charge is 2.33. The van der Waals surface area contributed by atoms with E-state index in [-0.39, 0.29) is 11.6 Å². The monoisotopic (exact) mass is 332 g/mol. The van der Waals surface area contributed by atoms with E-state index in [0.29, 0.717) is 29.9 Å². The predicted molar refractivity (Wildman–Crippen MR) is 88.1 cm³/mol. The van der Waals surface area contributed by atoms with Crippen LogP contribution in [0.15, 0.2) is 35.5 Å². The van der Waals surface area contributed by atoms with Crippen molar-refractivity contribution < 1.29 is 14.5 Å². The van der Waals surface area contributed by atoms with Crippen molar-refractivity contribution in [1.82, 2.24) is 15.5 Å². The van der Waals surface area contributed by atoms with Gasteiger partial charge in [-0.05, 0) is 26.3 Å². The molecule has 0 fully saturated rings. The molecular formula is C16H20N4O4. The minimum Gasteiger partial charge on any atom is -0.339 e. The van der Waals surface area contributed by atoms with E-state index in [9.17, 15) is 19.7 Å². The molecule has 1 unspecified atom stereocenters. The molecule has 2 rings (SSSR count). The Morgan fingerprint density at radius 3 is 2.58 bits per heavy atom. The number of allylic oxidation sites excluding steroid dienone is 1. The molecule has 8 nitrogen and oxygen atoms in total. The summed E-state index contributed by atoms with van der Waals surface area (Å²) in [5, 5.41) is 16.3. The lowest BCUT2D eigenvalue weighted by atomic mass is 9.94. The predicted octanol–water partition coefficient (Wildman–Crippen LogP) is 2.09. The van der Waals surface area contributed by atoms with Crippen LogP contribution in [0.1, 0.15) is 32.4 Å². The number of benzene rings is 1. The fraction of sp³-hybridized carbons (Fsp3) is 0.375. The van der Waals surface area contributed by atoms with Crippen LogP contribution in [0.4, 0.5) is 10.5 Å². The molecule has 1 heterocycles. The van der Waals surface area contributed by atoms with Crippen LogP contribution >= 0.6 is 0 Å². The number of non-ortho nitro benzene ring substituents is 1. The average Bonchev–Trinajstić information content (AvgIpc) is 2.55. The molecule has 1 aromatic rings. The lowest BCUT2D eigenvalue weighted by molar-refractivity contribution is -0.384. The zero-order chi connectivity index (χ0) is 17.9. The third kappa shape index (κ3) is 3.37. The van der Waals surface area contributed by atoms with Crippen LogP contribution in [0.3, 0.4) is 0 Å². The molecule has 2 N–H and O–H groups in total. The number of carbonyl (C=O) groups is 2. The zero-order valence-electron chi connectivity index (χ0n) is 13.8. The summed E-state index contributed by atoms with van der Waals surface area (Å²) in [5.41, 5.74) is 1.24. The normalized spacial score (nSPS) is 17.1. The Hall–Kier alpha value is -2.90. The van der Waals surface area contributed by atoms with Crippen LogP contribution in [-0.4, -0.2) is 34.9 Å². The number of rotatable bonds is 5. The van der Waals surface area contributed by atoms with Crippen molar-refractivity contribution in [3.8, 4) is 0 Å². The number of nitro groups is 1. The van der Waals surface area contributed by atoms with E-state index in [1.807, 2.05) is 13.8 Å². The van der Waals surface area contributed by atoms with Gasteiger partial charge in [0, 0.05) is 30.9 Å². The molecule has 0 aromatic heterocycles. The number of nitrogens with zero attached hydrogens (tertiary/aromatic N) is 2. The number of amides is 3. The van der Waals surface area contributed by atoms with Gasteiger partial charge in [0.15, 0.2) is 0 Å². The first-order valence-electron chi connectivity index (χ1n) is 7.70. The lowest BCUT2D eigenvalue weighted by Crippen LogP contribution is -2.47. The van der Waals surface area contributed by atoms with Crippen LogP contribution in [0.5, 0.6) is 0 Å². The fourth-order valence-electron chi connectivity index (χ4n) is 2.73. The molecular weight excluding hydrogens is 312 g/mol. The SMILES string of the molecule is CCN(CC)C(=O)C1=C(C)NC(=O)NC1c1cccc([N+](=O)[O-])c1. The van der Waals surface area contributed by atoms with Crippen molar-refractivity contribution in [2.75, 3.05) is 13.1 Å². The molecule has 128 valence electrons. The maximum atomic E-state index is 12.8. The smallest absolute Gasteiger partial charge is 0.319 e. The third-order valence-corrected chi connectivity index (χ3v) is 3.96. The number of hydrogen-bond donors (Lipinski definition) is 2. The molecule has 0 saturated carbocycles. The highest BCUT2D eigenvalue weighted by Crippen LogP contribution is 2.30. The van der Waals surface area contributed by atoms with Crippen molar-refractivity contribution in [2.45, 2.75) is 26.8 Å². The lowest BCUT2D eigenvalue weighted by Gasteiger charge is -2.31. The van der Waals surface area contributed by atoms with Gasteiger partial charge >= 0.3 is 6.03 Å². The Labute approximate surface area is 139 Å². The molecule has 0 radical (unpaired) electrons. The minimum atomic E-state index is -0.730. The van der Waals surface area contributed by atoms with Gasteiger partial charge in [-0.15, -0.1) is 0 Å². The summed E-state index contributed by atoms with van der Waals surface area (Å²) in [6.07, 6.45) is 0. The number of nitro benzene ring substituents is 1. The molecule has 1 aliphatic rings. The van der Waals surface area contributed by atoms with Crippen LogP contribution in [0.25, 0.3) is 0 Å². The first kappa shape index (κ1) is 17.5. The summed E-state index contributed by atoms with van der Waals surface area (Å²) < 4.78 is 0. The second kappa shape index (κ2) is 7.12. The Morgan fingerprint density at radius 2 is 2.00 bits per heavy atom. The Bertz CT molecular complexity index is 710. The summed E-state index contributed by atoms with van der Waals surface area (Å²) >= 11 is 0. The van der Waals surface area contributed by atoms with E-state index >= 15 is 0 Å². The Morgan fingerprint density at radius 1 is 1.33 bits per heavy atom. The minimum absolute atomic E-state index is 0.0902. The van der Waals surface area contributed by atoms with E-state index < -0.39 is 17.0 Å². The molecule has 1 aromatic carbocycles. The van der Waals surface area contributed by atoms with Crippen LogP contribution in [-0.2, 0) is 4.79 Å². The number of hydrogen-bond acceptors (Lipinski definition) is 4. The first-order valence-corrected chi connectivity index (χ1v) is 7.70. The van der Waals surface area contributed by atoms with E-state index in [0.717, 1.165) is 0 Å². The molecule has 0 aliphatic carbocycles. The number of carbonyl (C=O) groups excluding carboxylic acids is 2. The van der Waals surface area contributed by atoms with Crippen molar-refractivity contribution >= 4 is 17.6 Å². The largest absolute Gasteiger partial charge is 0.339 e. The first-order chi connectivity index (χ1) is 11.4. The third-order valence-electron chi connectivity index (χ3n) is 3.96. The highest BCUT2D eigenvalue weighted by molar-refractivity contribution is 5.98. The van der Waals surface area contributed by atoms with E-state index in [4.69, 9.17) is 0 Å². The average molecular weight is 332 g/mol. The van der Waals surface area contributed by atoms with E-state index in [1.54, 1.807) is 17.9 Å². The fourth-order valence-corrected chi connectivity index (χ4v) is 2.73. The number of likely N-dealkylation sites (N-methyl/N-ethyl adjacent to an activating group) is 1. The van der Waals surface area contributed by atoms with Crippen LogP contribution in [0.2, 0.25) is 0 Å². The maximum Gasteiger partial charge on any atom is 0.319 e. The molecule has 8 heteroatoms. The molecule has 0 saturated heterocycles. The van der Waals surface area contributed by atoms with Gasteiger partial charge in [-0.25, -0.2) is 4.79 Å². The van der Waals surface area contributed by atoms with Gasteiger partial charge in [0.1, 0.15) is 0 Å². The molecule has 1 atom stereocenters. The van der Waals surface area contributed by atoms with Gasteiger partial charge < -0.3 is 15.5 Å². The number of nitrogens with one attached hydrogen (secondary N) is 2. The van der Waals surface area contributed by atoms with Crippen molar-refractivity contribution in [3.63, 3.8) is 0 Å². The van der Waals surface area contributed by atoms with Crippen molar-refractivity contribution in [1.29, 1.82) is 0 Å². The van der Waals surface area contributed by atoms with Gasteiger partial charge in [0.05, 0.1) is 16.5 Å². The second-order valence-electron chi connectivity index (χ2n) is 5.40. The maximum absolute atomic E-state index is 12.8. The Balaban J connectivity index is 2.51. The van der Waals surface area contributed by atoms with Gasteiger partial charge in [-0.2, -0.15) is 0 Å². The summed E-state index contributed by atoms with van der Waals surface area (Å²) in [5.74, 6) is -0.207. The van der Waals surface area contributed by atoms with Gasteiger partial charge in [-0.3, -0.25) is 14.9 Å². The van der Waals surface area contributed by atoms with Gasteiger partial charge in [0.25, 0.3) is 11.6 Å². The Kier molecular flexibility index (Phi) is 5.18. The van der Waals surface area contributed by atoms with Crippen molar-refractivity contribution in [3.05, 3.63) is 51.2 Å². The zero-order valence-corrected chi connectivity index (χ0v) is 13.8. The highest BCUT2D eigenvalue weighted by atomic mass is 16.6. The second-order valence-corrected chi connectivity index (χ2v) is 5.40. The standard InChI is InChI=1S/C16H20N4O4/c1-4-19(5-2)15(21)13-10(3)17-16(22)18-14(13)11-7-6-8-12(9-11)20(23)24/h6-9,14H,4-5H2,1-3H3,(H2,17,18,22). The van der Waals surface area contributed by atoms with E-state index in [1.165, 1.54) is 18.2 Å². The summed E-state index contributed by atoms with van der Waals surface area (Å²) in [6, 6.07) is 4.77. The summed E-state index contributed by atoms with van der Waals surface area (Å²) in [4.78, 5) is 36.8. The number of urea groups is 1. The summed E-state index contributed by atoms with van der Waals surface area (Å²) in [6.45, 7) is 6.45. The molecule has 1 aliphatic heterocycles. The van der Waals surface area contributed by atoms with Crippen molar-refractivity contribution in [2.24, 2.45) is 0 Å². The van der Waals surface area contributed by atoms with Crippen LogP contribution in [0, 0.1) is 10.1 Å². The quantitative estimate of drug-likeness (QED) is 0.636. The molecule has 24 heavy (non-hydrogen) atoms.